The van der Waals surface area contributed by atoms with Crippen molar-refractivity contribution in [2.45, 2.75) is 6.42 Å². The number of fused-ring (bicyclic) bond motifs is 1. The van der Waals surface area contributed by atoms with Crippen LogP contribution in [0.3, 0.4) is 0 Å². The second-order valence-corrected chi connectivity index (χ2v) is 2.91. The van der Waals surface area contributed by atoms with Gasteiger partial charge < -0.3 is 0 Å². The van der Waals surface area contributed by atoms with E-state index in [9.17, 15) is 0 Å². The molecular formula is C7H5Br. The Morgan fingerprint density at radius 2 is 2.25 bits per heavy atom. The maximum atomic E-state index is 3.45. The Balaban J connectivity index is 2.70. The second kappa shape index (κ2) is 1.35. The third-order valence-electron chi connectivity index (χ3n) is 1.46. The molecule has 1 heteroatoms. The second-order valence-electron chi connectivity index (χ2n) is 2.05. The van der Waals surface area contributed by atoms with Crippen molar-refractivity contribution in [3.8, 4) is 0 Å². The zero-order chi connectivity index (χ0) is 5.56. The van der Waals surface area contributed by atoms with Gasteiger partial charge >= 0.3 is 0 Å². The molecule has 0 amide bonds. The number of hydrogen-bond donors (Lipinski definition) is 0. The van der Waals surface area contributed by atoms with E-state index in [0.717, 1.165) is 0 Å². The van der Waals surface area contributed by atoms with Gasteiger partial charge in [0.05, 0.1) is 0 Å². The zero-order valence-electron chi connectivity index (χ0n) is 4.32. The molecule has 0 radical (unpaired) electrons. The average molecular weight is 169 g/mol. The summed E-state index contributed by atoms with van der Waals surface area (Å²) >= 11 is 3.45. The van der Waals surface area contributed by atoms with Crippen LogP contribution in [0, 0.1) is 0 Å². The monoisotopic (exact) mass is 168 g/mol. The number of rotatable bonds is 0. The number of hydrogen-bond acceptors (Lipinski definition) is 0. The van der Waals surface area contributed by atoms with Crippen LogP contribution in [0.25, 0.3) is 0 Å². The van der Waals surface area contributed by atoms with Crippen LogP contribution >= 0.6 is 15.9 Å². The molecule has 0 heterocycles. The van der Waals surface area contributed by atoms with E-state index in [2.05, 4.69) is 34.1 Å². The van der Waals surface area contributed by atoms with Crippen molar-refractivity contribution in [3.05, 3.63) is 33.8 Å². The predicted octanol–water partition coefficient (Wildman–Crippen LogP) is 2.35. The molecule has 0 atom stereocenters. The first-order chi connectivity index (χ1) is 3.88. The van der Waals surface area contributed by atoms with E-state index in [4.69, 9.17) is 0 Å². The summed E-state index contributed by atoms with van der Waals surface area (Å²) in [5, 5.41) is 0. The largest absolute Gasteiger partial charge is 0.0608 e. The van der Waals surface area contributed by atoms with Gasteiger partial charge in [-0.2, -0.15) is 0 Å². The minimum atomic E-state index is 1.20. The minimum Gasteiger partial charge on any atom is -0.0608 e. The van der Waals surface area contributed by atoms with Gasteiger partial charge in [-0.15, -0.1) is 0 Å². The van der Waals surface area contributed by atoms with Gasteiger partial charge in [0.2, 0.25) is 0 Å². The Kier molecular flexibility index (Phi) is 0.770. The maximum Gasteiger partial charge on any atom is 0.0213 e. The smallest absolute Gasteiger partial charge is 0.0213 e. The molecule has 0 saturated carbocycles. The van der Waals surface area contributed by atoms with Gasteiger partial charge in [-0.1, -0.05) is 28.1 Å². The standard InChI is InChI=1S/C7H5Br/c8-7-3-1-2-5-4-6(5)7/h1-3H,4H2. The van der Waals surface area contributed by atoms with Gasteiger partial charge in [-0.25, -0.2) is 0 Å². The van der Waals surface area contributed by atoms with E-state index in [1.54, 1.807) is 0 Å². The fourth-order valence-corrected chi connectivity index (χ4v) is 1.44. The topological polar surface area (TPSA) is 0 Å². The summed E-state index contributed by atoms with van der Waals surface area (Å²) in [5.41, 5.74) is 2.99. The summed E-state index contributed by atoms with van der Waals surface area (Å²) in [6, 6.07) is 6.34. The molecule has 0 unspecified atom stereocenters. The quantitative estimate of drug-likeness (QED) is 0.567. The molecule has 2 rings (SSSR count). The Morgan fingerprint density at radius 1 is 1.38 bits per heavy atom. The molecule has 0 aromatic heterocycles. The molecule has 0 bridgehead atoms. The SMILES string of the molecule is Brc1cccc2c1C2. The van der Waals surface area contributed by atoms with Gasteiger partial charge in [-0.3, -0.25) is 0 Å². The first-order valence-corrected chi connectivity index (χ1v) is 3.43. The molecule has 1 aliphatic rings. The molecule has 0 spiro atoms. The fourth-order valence-electron chi connectivity index (χ4n) is 0.893. The number of benzene rings is 1. The molecule has 1 aromatic rings. The summed E-state index contributed by atoms with van der Waals surface area (Å²) in [7, 11) is 0. The van der Waals surface area contributed by atoms with Crippen LogP contribution in [0.4, 0.5) is 0 Å². The van der Waals surface area contributed by atoms with E-state index in [1.165, 1.54) is 22.0 Å². The predicted molar refractivity (Wildman–Crippen MR) is 36.9 cm³/mol. The first-order valence-electron chi connectivity index (χ1n) is 2.64. The highest BCUT2D eigenvalue weighted by atomic mass is 79.9. The lowest BCUT2D eigenvalue weighted by Gasteiger charge is -1.80. The maximum absolute atomic E-state index is 3.45. The van der Waals surface area contributed by atoms with Crippen molar-refractivity contribution in [2.75, 3.05) is 0 Å². The molecule has 0 fully saturated rings. The van der Waals surface area contributed by atoms with Crippen molar-refractivity contribution < 1.29 is 0 Å². The average Bonchev–Trinajstić information content (AvgIpc) is 2.45. The van der Waals surface area contributed by atoms with Crippen LogP contribution in [0.5, 0.6) is 0 Å². The zero-order valence-corrected chi connectivity index (χ0v) is 5.90. The van der Waals surface area contributed by atoms with Crippen molar-refractivity contribution in [1.29, 1.82) is 0 Å². The van der Waals surface area contributed by atoms with E-state index in [0.29, 0.717) is 0 Å². The molecule has 0 N–H and O–H groups in total. The van der Waals surface area contributed by atoms with Crippen LogP contribution in [-0.4, -0.2) is 0 Å². The minimum absolute atomic E-state index is 1.20. The van der Waals surface area contributed by atoms with Gasteiger partial charge in [0, 0.05) is 4.47 Å². The summed E-state index contributed by atoms with van der Waals surface area (Å²) < 4.78 is 1.27. The van der Waals surface area contributed by atoms with Crippen molar-refractivity contribution >= 4 is 15.9 Å². The van der Waals surface area contributed by atoms with Crippen LogP contribution < -0.4 is 0 Å². The molecule has 8 heavy (non-hydrogen) atoms. The Hall–Kier alpha value is -0.300. The van der Waals surface area contributed by atoms with Gasteiger partial charge in [-0.05, 0) is 23.6 Å². The molecule has 0 aliphatic heterocycles. The number of halogens is 1. The van der Waals surface area contributed by atoms with E-state index >= 15 is 0 Å². The lowest BCUT2D eigenvalue weighted by molar-refractivity contribution is 1.59. The Bertz CT molecular complexity index is 228. The highest BCUT2D eigenvalue weighted by Gasteiger charge is 2.17. The van der Waals surface area contributed by atoms with Gasteiger partial charge in [0.15, 0.2) is 0 Å². The summed E-state index contributed by atoms with van der Waals surface area (Å²) in [5.74, 6) is 0. The van der Waals surface area contributed by atoms with E-state index < -0.39 is 0 Å². The third-order valence-corrected chi connectivity index (χ3v) is 2.20. The molecule has 0 nitrogen and oxygen atoms in total. The fraction of sp³-hybridized carbons (Fsp3) is 0.143. The highest BCUT2D eigenvalue weighted by Crippen LogP contribution is 2.34. The van der Waals surface area contributed by atoms with Crippen LogP contribution in [0.15, 0.2) is 22.7 Å². The summed E-state index contributed by atoms with van der Waals surface area (Å²) in [6.45, 7) is 0. The Labute approximate surface area is 56.7 Å². The van der Waals surface area contributed by atoms with Crippen molar-refractivity contribution in [3.63, 3.8) is 0 Å². The van der Waals surface area contributed by atoms with Crippen molar-refractivity contribution in [1.82, 2.24) is 0 Å². The van der Waals surface area contributed by atoms with Gasteiger partial charge in [0.25, 0.3) is 0 Å². The van der Waals surface area contributed by atoms with Crippen LogP contribution in [0.1, 0.15) is 11.1 Å². The molecule has 40 valence electrons. The van der Waals surface area contributed by atoms with Gasteiger partial charge in [0.1, 0.15) is 0 Å². The first kappa shape index (κ1) is 4.57. The normalized spacial score (nSPS) is 13.1. The molecule has 1 aliphatic carbocycles. The van der Waals surface area contributed by atoms with E-state index in [-0.39, 0.29) is 0 Å². The summed E-state index contributed by atoms with van der Waals surface area (Å²) in [6.07, 6.45) is 1.20. The lowest BCUT2D eigenvalue weighted by atomic mass is 10.4. The van der Waals surface area contributed by atoms with Crippen molar-refractivity contribution in [2.24, 2.45) is 0 Å². The molecular weight excluding hydrogens is 164 g/mol. The highest BCUT2D eigenvalue weighted by molar-refractivity contribution is 9.10. The van der Waals surface area contributed by atoms with E-state index in [1.807, 2.05) is 0 Å². The molecule has 0 saturated heterocycles. The summed E-state index contributed by atoms with van der Waals surface area (Å²) in [4.78, 5) is 0. The van der Waals surface area contributed by atoms with Crippen LogP contribution in [0.2, 0.25) is 0 Å². The Morgan fingerprint density at radius 3 is 2.88 bits per heavy atom. The van der Waals surface area contributed by atoms with Crippen LogP contribution in [-0.2, 0) is 6.42 Å². The third kappa shape index (κ3) is 0.511. The molecule has 1 aromatic carbocycles. The lowest BCUT2D eigenvalue weighted by Crippen LogP contribution is -1.56.